The number of sulfonamides is 1. The third-order valence-electron chi connectivity index (χ3n) is 4.10. The zero-order valence-electron chi connectivity index (χ0n) is 13.4. The van der Waals surface area contributed by atoms with Crippen LogP contribution in [0.25, 0.3) is 0 Å². The maximum atomic E-state index is 13.4. The molecule has 2 heterocycles. The van der Waals surface area contributed by atoms with E-state index in [2.05, 4.69) is 4.72 Å². The molecular formula is C16H15ClF2N2O3S2. The van der Waals surface area contributed by atoms with Gasteiger partial charge in [0, 0.05) is 19.1 Å². The predicted molar refractivity (Wildman–Crippen MR) is 94.9 cm³/mol. The summed E-state index contributed by atoms with van der Waals surface area (Å²) in [5.74, 6) is -2.77. The third-order valence-corrected chi connectivity index (χ3v) is 7.33. The minimum atomic E-state index is -3.57. The Morgan fingerprint density at radius 1 is 1.23 bits per heavy atom. The van der Waals surface area contributed by atoms with Crippen LogP contribution in [0.1, 0.15) is 23.2 Å². The Hall–Kier alpha value is -1.55. The highest BCUT2D eigenvalue weighted by atomic mass is 35.5. The van der Waals surface area contributed by atoms with Gasteiger partial charge >= 0.3 is 0 Å². The summed E-state index contributed by atoms with van der Waals surface area (Å²) in [7, 11) is -3.57. The fourth-order valence-corrected chi connectivity index (χ4v) is 5.30. The maximum Gasteiger partial charge on any atom is 0.255 e. The summed E-state index contributed by atoms with van der Waals surface area (Å²) in [5.41, 5.74) is -0.108. The van der Waals surface area contributed by atoms with Gasteiger partial charge in [-0.2, -0.15) is 0 Å². The number of benzene rings is 1. The van der Waals surface area contributed by atoms with Crippen molar-refractivity contribution in [3.63, 3.8) is 0 Å². The van der Waals surface area contributed by atoms with Crippen LogP contribution in [0.15, 0.2) is 33.9 Å². The van der Waals surface area contributed by atoms with Crippen LogP contribution < -0.4 is 4.72 Å². The number of halogens is 3. The zero-order valence-corrected chi connectivity index (χ0v) is 15.8. The Morgan fingerprint density at radius 2 is 1.88 bits per heavy atom. The molecule has 1 saturated heterocycles. The molecule has 0 aliphatic carbocycles. The monoisotopic (exact) mass is 420 g/mol. The molecule has 0 atom stereocenters. The van der Waals surface area contributed by atoms with Crippen LogP contribution in [0.5, 0.6) is 0 Å². The van der Waals surface area contributed by atoms with E-state index in [1.54, 1.807) is 11.4 Å². The number of carbonyl (C=O) groups is 1. The second-order valence-corrected chi connectivity index (χ2v) is 9.16. The van der Waals surface area contributed by atoms with Crippen LogP contribution in [0, 0.1) is 11.6 Å². The van der Waals surface area contributed by atoms with E-state index in [1.807, 2.05) is 0 Å². The summed E-state index contributed by atoms with van der Waals surface area (Å²) in [4.78, 5) is 13.9. The van der Waals surface area contributed by atoms with Crippen molar-refractivity contribution in [2.24, 2.45) is 0 Å². The van der Waals surface area contributed by atoms with E-state index in [1.165, 1.54) is 11.0 Å². The molecule has 1 amide bonds. The van der Waals surface area contributed by atoms with Crippen molar-refractivity contribution >= 4 is 38.9 Å². The first-order valence-electron chi connectivity index (χ1n) is 7.77. The van der Waals surface area contributed by atoms with Crippen LogP contribution in [0.2, 0.25) is 5.02 Å². The molecule has 1 aliphatic heterocycles. The lowest BCUT2D eigenvalue weighted by molar-refractivity contribution is 0.0711. The molecular weight excluding hydrogens is 406 g/mol. The van der Waals surface area contributed by atoms with Crippen LogP contribution in [0.3, 0.4) is 0 Å². The average Bonchev–Trinajstić information content (AvgIpc) is 3.13. The minimum absolute atomic E-state index is 0.108. The van der Waals surface area contributed by atoms with Crippen molar-refractivity contribution in [1.82, 2.24) is 9.62 Å². The highest BCUT2D eigenvalue weighted by molar-refractivity contribution is 7.91. The second kappa shape index (κ2) is 7.59. The van der Waals surface area contributed by atoms with Gasteiger partial charge in [0.25, 0.3) is 5.91 Å². The number of nitrogens with one attached hydrogen (secondary N) is 1. The van der Waals surface area contributed by atoms with E-state index in [4.69, 9.17) is 11.6 Å². The lowest BCUT2D eigenvalue weighted by Crippen LogP contribution is -2.46. The molecule has 1 aromatic carbocycles. The van der Waals surface area contributed by atoms with Crippen LogP contribution >= 0.6 is 22.9 Å². The van der Waals surface area contributed by atoms with Gasteiger partial charge in [0.1, 0.15) is 4.21 Å². The van der Waals surface area contributed by atoms with Crippen molar-refractivity contribution in [1.29, 1.82) is 0 Å². The van der Waals surface area contributed by atoms with Gasteiger partial charge in [0.05, 0.1) is 10.6 Å². The fourth-order valence-electron chi connectivity index (χ4n) is 2.75. The average molecular weight is 421 g/mol. The molecule has 0 bridgehead atoms. The number of likely N-dealkylation sites (tertiary alicyclic amines) is 1. The molecule has 0 radical (unpaired) electrons. The van der Waals surface area contributed by atoms with Crippen molar-refractivity contribution in [2.45, 2.75) is 23.1 Å². The molecule has 1 aliphatic rings. The van der Waals surface area contributed by atoms with Gasteiger partial charge in [-0.05, 0) is 36.4 Å². The number of carbonyl (C=O) groups excluding carboxylic acids is 1. The smallest absolute Gasteiger partial charge is 0.255 e. The Kier molecular flexibility index (Phi) is 5.61. The molecule has 3 rings (SSSR count). The number of rotatable bonds is 4. The highest BCUT2D eigenvalue weighted by Gasteiger charge is 2.28. The molecule has 5 nitrogen and oxygen atoms in total. The van der Waals surface area contributed by atoms with Crippen molar-refractivity contribution < 1.29 is 22.0 Å². The van der Waals surface area contributed by atoms with Crippen LogP contribution in [-0.2, 0) is 10.0 Å². The number of nitrogens with zero attached hydrogens (tertiary/aromatic N) is 1. The number of thiophene rings is 1. The molecule has 0 spiro atoms. The van der Waals surface area contributed by atoms with Crippen molar-refractivity contribution in [2.75, 3.05) is 13.1 Å². The van der Waals surface area contributed by atoms with Crippen LogP contribution in [0.4, 0.5) is 8.78 Å². The number of amides is 1. The topological polar surface area (TPSA) is 66.5 Å². The summed E-state index contributed by atoms with van der Waals surface area (Å²) in [6.45, 7) is 0.567. The summed E-state index contributed by atoms with van der Waals surface area (Å²) < 4.78 is 53.9. The van der Waals surface area contributed by atoms with Gasteiger partial charge in [0.2, 0.25) is 10.0 Å². The van der Waals surface area contributed by atoms with E-state index in [9.17, 15) is 22.0 Å². The summed E-state index contributed by atoms with van der Waals surface area (Å²) >= 11 is 6.97. The van der Waals surface area contributed by atoms with Gasteiger partial charge in [-0.15, -0.1) is 11.3 Å². The summed E-state index contributed by atoms with van der Waals surface area (Å²) in [6, 6.07) is 4.44. The first-order valence-corrected chi connectivity index (χ1v) is 10.5. The first kappa shape index (κ1) is 19.2. The number of hydrogen-bond donors (Lipinski definition) is 1. The van der Waals surface area contributed by atoms with E-state index in [0.717, 1.165) is 23.5 Å². The molecule has 140 valence electrons. The van der Waals surface area contributed by atoms with Gasteiger partial charge in [0.15, 0.2) is 11.6 Å². The van der Waals surface area contributed by atoms with Gasteiger partial charge in [-0.25, -0.2) is 21.9 Å². The van der Waals surface area contributed by atoms with E-state index < -0.39 is 27.6 Å². The van der Waals surface area contributed by atoms with E-state index in [0.29, 0.717) is 12.8 Å². The van der Waals surface area contributed by atoms with Crippen LogP contribution in [-0.4, -0.2) is 38.4 Å². The molecule has 1 aromatic heterocycles. The van der Waals surface area contributed by atoms with Gasteiger partial charge in [-0.1, -0.05) is 17.7 Å². The second-order valence-electron chi connectivity index (χ2n) is 5.87. The molecule has 0 unspecified atom stereocenters. The standard InChI is InChI=1S/C16H15ClF2N2O3S2/c17-12-9-14(19)13(18)8-11(12)16(22)21-5-3-10(4-6-21)20-26(23,24)15-2-1-7-25-15/h1-2,7-10,20H,3-6H2. The quantitative estimate of drug-likeness (QED) is 0.772. The zero-order chi connectivity index (χ0) is 18.9. The summed E-state index contributed by atoms with van der Waals surface area (Å²) in [5, 5.41) is 1.52. The van der Waals surface area contributed by atoms with Gasteiger partial charge in [-0.3, -0.25) is 4.79 Å². The molecule has 1 fully saturated rings. The fraction of sp³-hybridized carbons (Fsp3) is 0.312. The lowest BCUT2D eigenvalue weighted by atomic mass is 10.0. The van der Waals surface area contributed by atoms with Crippen molar-refractivity contribution in [3.05, 3.63) is 51.9 Å². The van der Waals surface area contributed by atoms with E-state index >= 15 is 0 Å². The predicted octanol–water partition coefficient (Wildman–Crippen LogP) is 3.26. The third kappa shape index (κ3) is 4.06. The van der Waals surface area contributed by atoms with Crippen molar-refractivity contribution in [3.8, 4) is 0 Å². The highest BCUT2D eigenvalue weighted by Crippen LogP contribution is 2.24. The Bertz CT molecular complexity index is 912. The van der Waals surface area contributed by atoms with Gasteiger partial charge < -0.3 is 4.90 Å². The Morgan fingerprint density at radius 3 is 2.50 bits per heavy atom. The maximum absolute atomic E-state index is 13.4. The normalized spacial score (nSPS) is 16.0. The Balaban J connectivity index is 1.64. The largest absolute Gasteiger partial charge is 0.338 e. The lowest BCUT2D eigenvalue weighted by Gasteiger charge is -2.32. The minimum Gasteiger partial charge on any atom is -0.338 e. The Labute approximate surface area is 158 Å². The number of hydrogen-bond acceptors (Lipinski definition) is 4. The molecule has 0 saturated carbocycles. The molecule has 2 aromatic rings. The molecule has 26 heavy (non-hydrogen) atoms. The first-order chi connectivity index (χ1) is 12.3. The van der Waals surface area contributed by atoms with E-state index in [-0.39, 0.29) is 33.9 Å². The molecule has 1 N–H and O–H groups in total. The molecule has 10 heteroatoms. The SMILES string of the molecule is O=C(c1cc(F)c(F)cc1Cl)N1CCC(NS(=O)(=O)c2cccs2)CC1. The summed E-state index contributed by atoms with van der Waals surface area (Å²) in [6.07, 6.45) is 0.829. The number of piperidine rings is 1.